The molecule has 0 amide bonds. The van der Waals surface area contributed by atoms with Gasteiger partial charge in [-0.3, -0.25) is 0 Å². The van der Waals surface area contributed by atoms with Crippen LogP contribution >= 0.6 is 0 Å². The first-order valence-electron chi connectivity index (χ1n) is 2.63. The van der Waals surface area contributed by atoms with E-state index in [0.29, 0.717) is 6.61 Å². The molecule has 0 spiro atoms. The van der Waals surface area contributed by atoms with Crippen molar-refractivity contribution in [3.8, 4) is 0 Å². The summed E-state index contributed by atoms with van der Waals surface area (Å²) in [6.07, 6.45) is 0.875. The van der Waals surface area contributed by atoms with Gasteiger partial charge in [-0.05, 0) is 6.42 Å². The van der Waals surface area contributed by atoms with Gasteiger partial charge in [-0.15, -0.1) is 0 Å². The van der Waals surface area contributed by atoms with E-state index in [-0.39, 0.29) is 0 Å². The molecular formula is C5H10O5. The van der Waals surface area contributed by atoms with Crippen LogP contribution in [0.25, 0.3) is 0 Å². The molecule has 0 aromatic rings. The molecule has 0 saturated heterocycles. The Labute approximate surface area is 57.9 Å². The molecule has 0 fully saturated rings. The zero-order valence-electron chi connectivity index (χ0n) is 5.57. The number of carboxylic acid groups (broad SMARTS) is 2. The molecule has 0 atom stereocenters. The standard InChI is InChI=1S/C3H8O.C2H2O4/c1-2-3-4;3-1(4)2(5)6/h4H,2-3H2,1H3;(H,3,4)(H,5,6). The number of carboxylic acids is 2. The second-order valence-electron chi connectivity index (χ2n) is 1.33. The summed E-state index contributed by atoms with van der Waals surface area (Å²) in [5.74, 6) is -3.65. The quantitative estimate of drug-likeness (QED) is 0.440. The van der Waals surface area contributed by atoms with Crippen molar-refractivity contribution in [3.63, 3.8) is 0 Å². The van der Waals surface area contributed by atoms with E-state index in [9.17, 15) is 0 Å². The summed E-state index contributed by atoms with van der Waals surface area (Å²) >= 11 is 0. The van der Waals surface area contributed by atoms with Gasteiger partial charge in [0.15, 0.2) is 0 Å². The SMILES string of the molecule is CCCO.O=C(O)C(=O)O. The highest BCUT2D eigenvalue weighted by molar-refractivity contribution is 6.27. The highest BCUT2D eigenvalue weighted by Gasteiger charge is 2.04. The zero-order chi connectivity index (χ0) is 8.57. The van der Waals surface area contributed by atoms with Gasteiger partial charge >= 0.3 is 11.9 Å². The lowest BCUT2D eigenvalue weighted by Crippen LogP contribution is -2.09. The molecule has 0 heterocycles. The maximum atomic E-state index is 9.10. The minimum Gasteiger partial charge on any atom is -0.473 e. The summed E-state index contributed by atoms with van der Waals surface area (Å²) in [4.78, 5) is 18.2. The van der Waals surface area contributed by atoms with Crippen LogP contribution in [0.1, 0.15) is 13.3 Å². The van der Waals surface area contributed by atoms with E-state index in [2.05, 4.69) is 0 Å². The minimum absolute atomic E-state index is 0.319. The third-order valence-corrected chi connectivity index (χ3v) is 0.407. The lowest BCUT2D eigenvalue weighted by Gasteiger charge is -1.72. The number of carbonyl (C=O) groups is 2. The van der Waals surface area contributed by atoms with Gasteiger partial charge in [0.25, 0.3) is 0 Å². The van der Waals surface area contributed by atoms with Crippen molar-refractivity contribution in [2.75, 3.05) is 6.61 Å². The Morgan fingerprint density at radius 2 is 1.40 bits per heavy atom. The van der Waals surface area contributed by atoms with E-state index in [1.807, 2.05) is 6.92 Å². The number of rotatable bonds is 1. The van der Waals surface area contributed by atoms with Crippen molar-refractivity contribution < 1.29 is 24.9 Å². The molecule has 0 radical (unpaired) electrons. The fourth-order valence-electron chi connectivity index (χ4n) is 0. The van der Waals surface area contributed by atoms with Crippen molar-refractivity contribution in [2.24, 2.45) is 0 Å². The lowest BCUT2D eigenvalue weighted by atomic mass is 10.5. The largest absolute Gasteiger partial charge is 0.473 e. The fourth-order valence-corrected chi connectivity index (χ4v) is 0. The molecule has 0 aliphatic heterocycles. The average Bonchev–Trinajstić information content (AvgIpc) is 1.89. The van der Waals surface area contributed by atoms with Gasteiger partial charge in [-0.1, -0.05) is 6.92 Å². The molecule has 0 aromatic carbocycles. The maximum Gasteiger partial charge on any atom is 0.414 e. The Kier molecular flexibility index (Phi) is 9.22. The molecule has 0 saturated carbocycles. The van der Waals surface area contributed by atoms with Crippen molar-refractivity contribution in [3.05, 3.63) is 0 Å². The number of aliphatic hydroxyl groups is 1. The number of aliphatic carboxylic acids is 2. The molecule has 5 heteroatoms. The van der Waals surface area contributed by atoms with Crippen LogP contribution < -0.4 is 0 Å². The molecule has 10 heavy (non-hydrogen) atoms. The van der Waals surface area contributed by atoms with Crippen molar-refractivity contribution in [2.45, 2.75) is 13.3 Å². The first-order valence-corrected chi connectivity index (χ1v) is 2.63. The Morgan fingerprint density at radius 1 is 1.20 bits per heavy atom. The second-order valence-corrected chi connectivity index (χ2v) is 1.33. The summed E-state index contributed by atoms with van der Waals surface area (Å²) < 4.78 is 0. The number of hydrogen-bond acceptors (Lipinski definition) is 3. The van der Waals surface area contributed by atoms with Crippen LogP contribution in [-0.2, 0) is 9.59 Å². The summed E-state index contributed by atoms with van der Waals surface area (Å²) in [5, 5.41) is 22.7. The van der Waals surface area contributed by atoms with E-state index >= 15 is 0 Å². The average molecular weight is 150 g/mol. The Morgan fingerprint density at radius 3 is 1.40 bits per heavy atom. The van der Waals surface area contributed by atoms with Gasteiger partial charge in [0.1, 0.15) is 0 Å². The third kappa shape index (κ3) is 15.8. The van der Waals surface area contributed by atoms with Gasteiger partial charge in [0, 0.05) is 6.61 Å². The summed E-state index contributed by atoms with van der Waals surface area (Å²) in [7, 11) is 0. The van der Waals surface area contributed by atoms with Gasteiger partial charge in [-0.2, -0.15) is 0 Å². The molecule has 0 aliphatic carbocycles. The summed E-state index contributed by atoms with van der Waals surface area (Å²) in [6, 6.07) is 0. The van der Waals surface area contributed by atoms with Crippen LogP contribution in [0.4, 0.5) is 0 Å². The minimum atomic E-state index is -1.82. The zero-order valence-corrected chi connectivity index (χ0v) is 5.57. The fraction of sp³-hybridized carbons (Fsp3) is 0.600. The first kappa shape index (κ1) is 11.7. The molecule has 0 aliphatic rings. The van der Waals surface area contributed by atoms with Crippen LogP contribution in [0.2, 0.25) is 0 Å². The molecule has 0 aromatic heterocycles. The molecule has 60 valence electrons. The molecule has 0 unspecified atom stereocenters. The Balaban J connectivity index is 0. The maximum absolute atomic E-state index is 9.10. The van der Waals surface area contributed by atoms with Crippen molar-refractivity contribution in [1.29, 1.82) is 0 Å². The van der Waals surface area contributed by atoms with Crippen LogP contribution in [0.3, 0.4) is 0 Å². The van der Waals surface area contributed by atoms with Gasteiger partial charge in [0.2, 0.25) is 0 Å². The monoisotopic (exact) mass is 150 g/mol. The predicted octanol–water partition coefficient (Wildman–Crippen LogP) is -0.456. The predicted molar refractivity (Wildman–Crippen MR) is 32.6 cm³/mol. The topological polar surface area (TPSA) is 94.8 Å². The molecule has 0 bridgehead atoms. The van der Waals surface area contributed by atoms with Crippen molar-refractivity contribution >= 4 is 11.9 Å². The van der Waals surface area contributed by atoms with E-state index < -0.39 is 11.9 Å². The van der Waals surface area contributed by atoms with E-state index in [1.54, 1.807) is 0 Å². The molecular weight excluding hydrogens is 140 g/mol. The lowest BCUT2D eigenvalue weighted by molar-refractivity contribution is -0.159. The van der Waals surface area contributed by atoms with Gasteiger partial charge < -0.3 is 15.3 Å². The molecule has 5 nitrogen and oxygen atoms in total. The molecule has 0 rings (SSSR count). The Hall–Kier alpha value is -1.10. The number of aliphatic hydroxyl groups excluding tert-OH is 1. The first-order chi connectivity index (χ1) is 4.56. The van der Waals surface area contributed by atoms with E-state index in [0.717, 1.165) is 6.42 Å². The number of hydrogen-bond donors (Lipinski definition) is 3. The van der Waals surface area contributed by atoms with Gasteiger partial charge in [0.05, 0.1) is 0 Å². The van der Waals surface area contributed by atoms with E-state index in [4.69, 9.17) is 24.9 Å². The van der Waals surface area contributed by atoms with E-state index in [1.165, 1.54) is 0 Å². The smallest absolute Gasteiger partial charge is 0.414 e. The second kappa shape index (κ2) is 7.90. The van der Waals surface area contributed by atoms with Crippen molar-refractivity contribution in [1.82, 2.24) is 0 Å². The molecule has 3 N–H and O–H groups in total. The van der Waals surface area contributed by atoms with Crippen LogP contribution in [0.15, 0.2) is 0 Å². The summed E-state index contributed by atoms with van der Waals surface area (Å²) in [5.41, 5.74) is 0. The van der Waals surface area contributed by atoms with Crippen LogP contribution in [0, 0.1) is 0 Å². The normalized spacial score (nSPS) is 7.40. The van der Waals surface area contributed by atoms with Crippen LogP contribution in [0.5, 0.6) is 0 Å². The highest BCUT2D eigenvalue weighted by atomic mass is 16.4. The highest BCUT2D eigenvalue weighted by Crippen LogP contribution is 1.61. The third-order valence-electron chi connectivity index (χ3n) is 0.407. The van der Waals surface area contributed by atoms with Crippen LogP contribution in [-0.4, -0.2) is 33.9 Å². The summed E-state index contributed by atoms with van der Waals surface area (Å²) in [6.45, 7) is 2.25. The Bertz CT molecular complexity index is 94.6. The van der Waals surface area contributed by atoms with Gasteiger partial charge in [-0.25, -0.2) is 9.59 Å².